The Labute approximate surface area is 120 Å². The number of benzene rings is 1. The molecule has 1 atom stereocenters. The largest absolute Gasteiger partial charge is 0.401 e. The molecule has 20 heavy (non-hydrogen) atoms. The van der Waals surface area contributed by atoms with E-state index < -0.39 is 31.2 Å². The van der Waals surface area contributed by atoms with E-state index in [9.17, 15) is 18.0 Å². The van der Waals surface area contributed by atoms with Gasteiger partial charge in [0.05, 0.1) is 19.2 Å². The van der Waals surface area contributed by atoms with E-state index in [2.05, 4.69) is 0 Å². The molecule has 0 fully saturated rings. The number of aliphatic hydroxyl groups is 1. The molecule has 1 aromatic carbocycles. The van der Waals surface area contributed by atoms with Crippen LogP contribution in [0.2, 0.25) is 5.02 Å². The van der Waals surface area contributed by atoms with E-state index in [0.717, 1.165) is 4.90 Å². The molecule has 0 saturated carbocycles. The van der Waals surface area contributed by atoms with Gasteiger partial charge in [0.15, 0.2) is 5.78 Å². The second kappa shape index (κ2) is 7.06. The van der Waals surface area contributed by atoms with Gasteiger partial charge in [-0.15, -0.1) is 0 Å². The van der Waals surface area contributed by atoms with Crippen molar-refractivity contribution >= 4 is 17.4 Å². The molecule has 0 saturated heterocycles. The number of rotatable bonds is 6. The molecule has 0 aliphatic heterocycles. The first-order valence-corrected chi connectivity index (χ1v) is 6.34. The Kier molecular flexibility index (Phi) is 5.98. The Morgan fingerprint density at radius 3 is 2.35 bits per heavy atom. The van der Waals surface area contributed by atoms with Crippen LogP contribution in [0.25, 0.3) is 0 Å². The van der Waals surface area contributed by atoms with Crippen LogP contribution in [0.15, 0.2) is 24.3 Å². The van der Waals surface area contributed by atoms with E-state index in [1.807, 2.05) is 0 Å². The zero-order valence-electron chi connectivity index (χ0n) is 10.8. The first kappa shape index (κ1) is 16.9. The standard InChI is InChI=1S/C13H15ClF3NO2/c1-9(18(6-7-19)8-13(15,16)17)12(20)10-2-4-11(14)5-3-10/h2-5,9,19H,6-8H2,1H3. The number of halogens is 4. The first-order valence-electron chi connectivity index (χ1n) is 5.96. The number of ketones is 1. The highest BCUT2D eigenvalue weighted by Gasteiger charge is 2.34. The molecule has 0 spiro atoms. The number of aliphatic hydroxyl groups excluding tert-OH is 1. The van der Waals surface area contributed by atoms with Crippen LogP contribution in [0.3, 0.4) is 0 Å². The second-order valence-electron chi connectivity index (χ2n) is 4.36. The van der Waals surface area contributed by atoms with Crippen LogP contribution in [0.1, 0.15) is 17.3 Å². The monoisotopic (exact) mass is 309 g/mol. The fourth-order valence-corrected chi connectivity index (χ4v) is 1.92. The minimum absolute atomic E-state index is 0.222. The van der Waals surface area contributed by atoms with Crippen molar-refractivity contribution < 1.29 is 23.1 Å². The zero-order chi connectivity index (χ0) is 15.3. The summed E-state index contributed by atoms with van der Waals surface area (Å²) >= 11 is 5.69. The van der Waals surface area contributed by atoms with Gasteiger partial charge in [0.1, 0.15) is 0 Å². The average Bonchev–Trinajstić information content (AvgIpc) is 2.36. The lowest BCUT2D eigenvalue weighted by molar-refractivity contribution is -0.149. The fourth-order valence-electron chi connectivity index (χ4n) is 1.79. The molecule has 0 bridgehead atoms. The van der Waals surface area contributed by atoms with Crippen LogP contribution in [0, 0.1) is 0 Å². The van der Waals surface area contributed by atoms with Crippen LogP contribution in [-0.4, -0.2) is 47.7 Å². The van der Waals surface area contributed by atoms with Gasteiger partial charge in [-0.2, -0.15) is 13.2 Å². The quantitative estimate of drug-likeness (QED) is 0.822. The van der Waals surface area contributed by atoms with Crippen molar-refractivity contribution in [2.45, 2.75) is 19.1 Å². The molecule has 0 aliphatic rings. The predicted octanol–water partition coefficient (Wildman–Crippen LogP) is 2.77. The van der Waals surface area contributed by atoms with Crippen LogP contribution >= 0.6 is 11.6 Å². The number of Topliss-reactive ketones (excluding diaryl/α,β-unsaturated/α-hetero) is 1. The number of carbonyl (C=O) groups is 1. The Bertz CT molecular complexity index is 448. The molecule has 0 amide bonds. The van der Waals surface area contributed by atoms with Gasteiger partial charge < -0.3 is 5.11 Å². The number of alkyl halides is 3. The summed E-state index contributed by atoms with van der Waals surface area (Å²) in [5, 5.41) is 9.27. The molecule has 1 unspecified atom stereocenters. The molecule has 0 radical (unpaired) electrons. The number of hydrogen-bond donors (Lipinski definition) is 1. The molecule has 1 rings (SSSR count). The van der Waals surface area contributed by atoms with Crippen LogP contribution in [-0.2, 0) is 0 Å². The lowest BCUT2D eigenvalue weighted by Crippen LogP contribution is -2.45. The average molecular weight is 310 g/mol. The first-order chi connectivity index (χ1) is 9.24. The molecule has 0 heterocycles. The van der Waals surface area contributed by atoms with Crippen molar-refractivity contribution in [2.24, 2.45) is 0 Å². The third kappa shape index (κ3) is 5.11. The highest BCUT2D eigenvalue weighted by molar-refractivity contribution is 6.30. The molecular weight excluding hydrogens is 295 g/mol. The van der Waals surface area contributed by atoms with Gasteiger partial charge in [-0.25, -0.2) is 0 Å². The lowest BCUT2D eigenvalue weighted by Gasteiger charge is -2.28. The van der Waals surface area contributed by atoms with E-state index >= 15 is 0 Å². The van der Waals surface area contributed by atoms with Crippen molar-refractivity contribution in [3.8, 4) is 0 Å². The van der Waals surface area contributed by atoms with Crippen LogP contribution < -0.4 is 0 Å². The van der Waals surface area contributed by atoms with Crippen molar-refractivity contribution in [1.82, 2.24) is 4.90 Å². The van der Waals surface area contributed by atoms with Gasteiger partial charge >= 0.3 is 6.18 Å². The van der Waals surface area contributed by atoms with Gasteiger partial charge in [0, 0.05) is 17.1 Å². The van der Waals surface area contributed by atoms with Crippen LogP contribution in [0.5, 0.6) is 0 Å². The summed E-state index contributed by atoms with van der Waals surface area (Å²) in [4.78, 5) is 13.0. The summed E-state index contributed by atoms with van der Waals surface area (Å²) in [6.07, 6.45) is -4.43. The number of hydrogen-bond acceptors (Lipinski definition) is 3. The highest BCUT2D eigenvalue weighted by atomic mass is 35.5. The highest BCUT2D eigenvalue weighted by Crippen LogP contribution is 2.20. The molecule has 0 aromatic heterocycles. The minimum atomic E-state index is -4.43. The van der Waals surface area contributed by atoms with Gasteiger partial charge in [0.25, 0.3) is 0 Å². The third-order valence-electron chi connectivity index (χ3n) is 2.83. The van der Waals surface area contributed by atoms with E-state index in [-0.39, 0.29) is 12.1 Å². The molecular formula is C13H15ClF3NO2. The van der Waals surface area contributed by atoms with Crippen molar-refractivity contribution in [3.05, 3.63) is 34.9 Å². The maximum absolute atomic E-state index is 12.5. The van der Waals surface area contributed by atoms with E-state index in [1.165, 1.54) is 31.2 Å². The molecule has 3 nitrogen and oxygen atoms in total. The summed E-state index contributed by atoms with van der Waals surface area (Å²) < 4.78 is 37.4. The third-order valence-corrected chi connectivity index (χ3v) is 3.08. The minimum Gasteiger partial charge on any atom is -0.395 e. The topological polar surface area (TPSA) is 40.5 Å². The van der Waals surface area contributed by atoms with Crippen LogP contribution in [0.4, 0.5) is 13.2 Å². The Morgan fingerprint density at radius 2 is 1.90 bits per heavy atom. The summed E-state index contributed by atoms with van der Waals surface area (Å²) in [5.41, 5.74) is 0.284. The Hall–Kier alpha value is -1.11. The zero-order valence-corrected chi connectivity index (χ0v) is 11.6. The second-order valence-corrected chi connectivity index (χ2v) is 4.79. The van der Waals surface area contributed by atoms with Gasteiger partial charge in [0.2, 0.25) is 0 Å². The van der Waals surface area contributed by atoms with Crippen molar-refractivity contribution in [3.63, 3.8) is 0 Å². The lowest BCUT2D eigenvalue weighted by atomic mass is 10.0. The number of nitrogens with zero attached hydrogens (tertiary/aromatic N) is 1. The Balaban J connectivity index is 2.85. The maximum atomic E-state index is 12.5. The van der Waals surface area contributed by atoms with Gasteiger partial charge in [-0.1, -0.05) is 11.6 Å². The van der Waals surface area contributed by atoms with Crippen molar-refractivity contribution in [1.29, 1.82) is 0 Å². The normalized spacial score (nSPS) is 13.6. The molecule has 0 aliphatic carbocycles. The molecule has 1 N–H and O–H groups in total. The Morgan fingerprint density at radius 1 is 1.35 bits per heavy atom. The van der Waals surface area contributed by atoms with E-state index in [4.69, 9.17) is 16.7 Å². The molecule has 112 valence electrons. The molecule has 7 heteroatoms. The predicted molar refractivity (Wildman–Crippen MR) is 70.0 cm³/mol. The van der Waals surface area contributed by atoms with Gasteiger partial charge in [-0.3, -0.25) is 9.69 Å². The summed E-state index contributed by atoms with van der Waals surface area (Å²) in [5.74, 6) is -0.445. The summed E-state index contributed by atoms with van der Waals surface area (Å²) in [6.45, 7) is -0.527. The van der Waals surface area contributed by atoms with Crippen molar-refractivity contribution in [2.75, 3.05) is 19.7 Å². The SMILES string of the molecule is CC(C(=O)c1ccc(Cl)cc1)N(CCO)CC(F)(F)F. The maximum Gasteiger partial charge on any atom is 0.401 e. The summed E-state index contributed by atoms with van der Waals surface area (Å²) in [6, 6.07) is 4.95. The smallest absolute Gasteiger partial charge is 0.395 e. The molecule has 1 aromatic rings. The van der Waals surface area contributed by atoms with Gasteiger partial charge in [-0.05, 0) is 31.2 Å². The fraction of sp³-hybridized carbons (Fsp3) is 0.462. The number of carbonyl (C=O) groups excluding carboxylic acids is 1. The van der Waals surface area contributed by atoms with E-state index in [1.54, 1.807) is 0 Å². The summed E-state index contributed by atoms with van der Waals surface area (Å²) in [7, 11) is 0. The van der Waals surface area contributed by atoms with E-state index in [0.29, 0.717) is 5.02 Å².